The molecule has 0 radical (unpaired) electrons. The maximum Gasteiger partial charge on any atom is 0.337 e. The van der Waals surface area contributed by atoms with Gasteiger partial charge in [0.2, 0.25) is 0 Å². The van der Waals surface area contributed by atoms with Crippen LogP contribution < -0.4 is 5.32 Å². The van der Waals surface area contributed by atoms with Crippen molar-refractivity contribution in [2.75, 3.05) is 12.4 Å². The number of aromatic nitrogens is 1. The van der Waals surface area contributed by atoms with Crippen LogP contribution in [0, 0.1) is 12.7 Å². The van der Waals surface area contributed by atoms with Crippen molar-refractivity contribution in [2.24, 2.45) is 0 Å². The van der Waals surface area contributed by atoms with Crippen molar-refractivity contribution in [3.05, 3.63) is 59.7 Å². The van der Waals surface area contributed by atoms with Gasteiger partial charge in [-0.1, -0.05) is 12.1 Å². The van der Waals surface area contributed by atoms with E-state index in [9.17, 15) is 9.18 Å². The van der Waals surface area contributed by atoms with Gasteiger partial charge < -0.3 is 10.1 Å². The normalized spacial score (nSPS) is 13.3. The minimum atomic E-state index is -1.20. The number of anilines is 1. The molecule has 0 aliphatic rings. The van der Waals surface area contributed by atoms with Crippen molar-refractivity contribution in [2.45, 2.75) is 19.4 Å². The molecule has 0 aliphatic carbocycles. The Morgan fingerprint density at radius 2 is 2.10 bits per heavy atom. The lowest BCUT2D eigenvalue weighted by atomic mass is 9.96. The molecule has 1 N–H and O–H groups in total. The monoisotopic (exact) mass is 288 g/mol. The molecule has 1 unspecified atom stereocenters. The molecule has 2 aromatic rings. The second kappa shape index (κ2) is 5.91. The van der Waals surface area contributed by atoms with E-state index >= 15 is 0 Å². The molecule has 0 saturated carbocycles. The van der Waals surface area contributed by atoms with E-state index in [1.165, 1.54) is 19.2 Å². The summed E-state index contributed by atoms with van der Waals surface area (Å²) in [5.41, 5.74) is 1.00. The first-order valence-electron chi connectivity index (χ1n) is 6.51. The number of hydrogen-bond donors (Lipinski definition) is 1. The molecular formula is C16H17FN2O2. The standard InChI is InChI=1S/C16H17FN2O2/c1-11-5-4-6-13(9-11)19-16(2,15(20)21-3)14-8-7-12(17)10-18-14/h4-10,19H,1-3H3. The van der Waals surface area contributed by atoms with Crippen LogP contribution in [-0.2, 0) is 15.1 Å². The lowest BCUT2D eigenvalue weighted by Crippen LogP contribution is -2.42. The van der Waals surface area contributed by atoms with Crippen molar-refractivity contribution in [3.8, 4) is 0 Å². The highest BCUT2D eigenvalue weighted by Crippen LogP contribution is 2.26. The number of rotatable bonds is 4. The maximum atomic E-state index is 13.0. The molecule has 4 nitrogen and oxygen atoms in total. The van der Waals surface area contributed by atoms with Crippen LogP contribution in [-0.4, -0.2) is 18.1 Å². The van der Waals surface area contributed by atoms with E-state index in [0.29, 0.717) is 5.69 Å². The Morgan fingerprint density at radius 3 is 2.67 bits per heavy atom. The lowest BCUT2D eigenvalue weighted by Gasteiger charge is -2.28. The molecule has 0 fully saturated rings. The first kappa shape index (κ1) is 15.0. The molecule has 110 valence electrons. The van der Waals surface area contributed by atoms with E-state index in [4.69, 9.17) is 4.74 Å². The molecule has 21 heavy (non-hydrogen) atoms. The van der Waals surface area contributed by atoms with E-state index in [2.05, 4.69) is 10.3 Å². The maximum absolute atomic E-state index is 13.0. The molecule has 1 heterocycles. The smallest absolute Gasteiger partial charge is 0.337 e. The first-order chi connectivity index (χ1) is 9.95. The van der Waals surface area contributed by atoms with E-state index in [0.717, 1.165) is 17.4 Å². The zero-order valence-electron chi connectivity index (χ0n) is 12.2. The Morgan fingerprint density at radius 1 is 1.33 bits per heavy atom. The van der Waals surface area contributed by atoms with E-state index in [1.54, 1.807) is 6.92 Å². The number of carbonyl (C=O) groups excluding carboxylic acids is 1. The number of methoxy groups -OCH3 is 1. The second-order valence-electron chi connectivity index (χ2n) is 4.97. The topological polar surface area (TPSA) is 51.2 Å². The van der Waals surface area contributed by atoms with Gasteiger partial charge in [0.15, 0.2) is 5.54 Å². The van der Waals surface area contributed by atoms with E-state index in [-0.39, 0.29) is 0 Å². The number of carbonyl (C=O) groups is 1. The van der Waals surface area contributed by atoms with Crippen LogP contribution >= 0.6 is 0 Å². The van der Waals surface area contributed by atoms with Crippen molar-refractivity contribution >= 4 is 11.7 Å². The zero-order valence-corrected chi connectivity index (χ0v) is 12.2. The van der Waals surface area contributed by atoms with Crippen LogP contribution in [0.1, 0.15) is 18.2 Å². The van der Waals surface area contributed by atoms with Crippen LogP contribution in [0.15, 0.2) is 42.6 Å². The number of esters is 1. The number of hydrogen-bond acceptors (Lipinski definition) is 4. The highest BCUT2D eigenvalue weighted by molar-refractivity contribution is 5.85. The highest BCUT2D eigenvalue weighted by Gasteiger charge is 2.38. The summed E-state index contributed by atoms with van der Waals surface area (Å²) in [5, 5.41) is 3.12. The molecule has 0 aliphatic heterocycles. The average Bonchev–Trinajstić information content (AvgIpc) is 2.46. The number of pyridine rings is 1. The predicted molar refractivity (Wildman–Crippen MR) is 78.4 cm³/mol. The van der Waals surface area contributed by atoms with E-state index in [1.807, 2.05) is 31.2 Å². The van der Waals surface area contributed by atoms with Crippen molar-refractivity contribution in [1.29, 1.82) is 0 Å². The number of aryl methyl sites for hydroxylation is 1. The van der Waals surface area contributed by atoms with Gasteiger partial charge in [-0.05, 0) is 43.7 Å². The van der Waals surface area contributed by atoms with Crippen molar-refractivity contribution < 1.29 is 13.9 Å². The number of nitrogens with zero attached hydrogens (tertiary/aromatic N) is 1. The van der Waals surface area contributed by atoms with Gasteiger partial charge >= 0.3 is 5.97 Å². The Labute approximate surface area is 123 Å². The Bertz CT molecular complexity index is 643. The van der Waals surface area contributed by atoms with Gasteiger partial charge in [0.1, 0.15) is 5.82 Å². The quantitative estimate of drug-likeness (QED) is 0.879. The fourth-order valence-corrected chi connectivity index (χ4v) is 2.11. The summed E-state index contributed by atoms with van der Waals surface area (Å²) < 4.78 is 17.9. The highest BCUT2D eigenvalue weighted by atomic mass is 19.1. The summed E-state index contributed by atoms with van der Waals surface area (Å²) in [7, 11) is 1.31. The molecule has 5 heteroatoms. The summed E-state index contributed by atoms with van der Waals surface area (Å²) >= 11 is 0. The van der Waals surface area contributed by atoms with Crippen LogP contribution in [0.5, 0.6) is 0 Å². The molecular weight excluding hydrogens is 271 g/mol. The molecule has 1 aromatic carbocycles. The van der Waals surface area contributed by atoms with Crippen molar-refractivity contribution in [3.63, 3.8) is 0 Å². The third-order valence-electron chi connectivity index (χ3n) is 3.25. The molecule has 2 rings (SSSR count). The number of halogens is 1. The molecule has 0 spiro atoms. The van der Waals surface area contributed by atoms with Crippen LogP contribution in [0.3, 0.4) is 0 Å². The fraction of sp³-hybridized carbons (Fsp3) is 0.250. The fourth-order valence-electron chi connectivity index (χ4n) is 2.11. The minimum absolute atomic E-state index is 0.386. The largest absolute Gasteiger partial charge is 0.467 e. The number of nitrogens with one attached hydrogen (secondary N) is 1. The summed E-state index contributed by atoms with van der Waals surface area (Å²) in [4.78, 5) is 16.2. The molecule has 1 aromatic heterocycles. The van der Waals surface area contributed by atoms with Gasteiger partial charge in [-0.25, -0.2) is 9.18 Å². The van der Waals surface area contributed by atoms with Gasteiger partial charge in [0.25, 0.3) is 0 Å². The third kappa shape index (κ3) is 3.18. The average molecular weight is 288 g/mol. The molecule has 0 amide bonds. The summed E-state index contributed by atoms with van der Waals surface area (Å²) in [6.45, 7) is 3.61. The van der Waals surface area contributed by atoms with Crippen LogP contribution in [0.2, 0.25) is 0 Å². The number of ether oxygens (including phenoxy) is 1. The molecule has 0 bridgehead atoms. The first-order valence-corrected chi connectivity index (χ1v) is 6.51. The zero-order chi connectivity index (χ0) is 15.5. The SMILES string of the molecule is COC(=O)C(C)(Nc1cccc(C)c1)c1ccc(F)cn1. The predicted octanol–water partition coefficient (Wildman–Crippen LogP) is 3.03. The van der Waals surface area contributed by atoms with Crippen LogP contribution in [0.4, 0.5) is 10.1 Å². The minimum Gasteiger partial charge on any atom is -0.467 e. The lowest BCUT2D eigenvalue weighted by molar-refractivity contribution is -0.145. The molecule has 1 atom stereocenters. The van der Waals surface area contributed by atoms with E-state index < -0.39 is 17.3 Å². The van der Waals surface area contributed by atoms with Gasteiger partial charge in [0.05, 0.1) is 19.0 Å². The van der Waals surface area contributed by atoms with Gasteiger partial charge in [0, 0.05) is 5.69 Å². The Hall–Kier alpha value is -2.43. The Kier molecular flexibility index (Phi) is 4.21. The van der Waals surface area contributed by atoms with Crippen molar-refractivity contribution in [1.82, 2.24) is 4.98 Å². The van der Waals surface area contributed by atoms with Gasteiger partial charge in [-0.2, -0.15) is 0 Å². The summed E-state index contributed by atoms with van der Waals surface area (Å²) in [6, 6.07) is 10.3. The van der Waals surface area contributed by atoms with Gasteiger partial charge in [-0.3, -0.25) is 4.98 Å². The third-order valence-corrected chi connectivity index (χ3v) is 3.25. The van der Waals surface area contributed by atoms with Gasteiger partial charge in [-0.15, -0.1) is 0 Å². The second-order valence-corrected chi connectivity index (χ2v) is 4.97. The number of benzene rings is 1. The summed E-state index contributed by atoms with van der Waals surface area (Å²) in [5.74, 6) is -0.954. The summed E-state index contributed by atoms with van der Waals surface area (Å²) in [6.07, 6.45) is 1.08. The van der Waals surface area contributed by atoms with Crippen LogP contribution in [0.25, 0.3) is 0 Å². The Balaban J connectivity index is 2.42. The molecule has 0 saturated heterocycles.